The maximum Gasteiger partial charge on any atom is 0.154 e. The first kappa shape index (κ1) is 25.6. The second-order valence-corrected chi connectivity index (χ2v) is 14.0. The Morgan fingerprint density at radius 3 is 1.14 bits per heavy atom. The standard InChI is InChI=1S/C29H34O4S2/c30-34(31)20-8-4-2-1-3-5-9-21-35(32,33)23-25-14-18-27(19-15-25)29-11-7-6-10-28(29)26-16-12-24(22-34)13-17-26/h6-7,10-19H,1-5,8-9,20-23H2. The van der Waals surface area contributed by atoms with Gasteiger partial charge in [0.25, 0.3) is 0 Å². The van der Waals surface area contributed by atoms with Gasteiger partial charge in [0.15, 0.2) is 19.7 Å². The van der Waals surface area contributed by atoms with Crippen LogP contribution in [-0.2, 0) is 31.2 Å². The van der Waals surface area contributed by atoms with Gasteiger partial charge in [0.05, 0.1) is 23.0 Å². The second kappa shape index (κ2) is 11.5. The van der Waals surface area contributed by atoms with Gasteiger partial charge in [0.1, 0.15) is 0 Å². The third-order valence-electron chi connectivity index (χ3n) is 6.64. The predicted octanol–water partition coefficient (Wildman–Crippen LogP) is 6.59. The fraction of sp³-hybridized carbons (Fsp3) is 0.379. The summed E-state index contributed by atoms with van der Waals surface area (Å²) < 4.78 is 50.4. The molecule has 6 rings (SSSR count). The molecule has 0 N–H and O–H groups in total. The molecule has 0 saturated heterocycles. The summed E-state index contributed by atoms with van der Waals surface area (Å²) in [4.78, 5) is 0. The van der Waals surface area contributed by atoms with Gasteiger partial charge in [-0.15, -0.1) is 0 Å². The zero-order valence-electron chi connectivity index (χ0n) is 20.2. The lowest BCUT2D eigenvalue weighted by molar-refractivity contribution is 0.573. The highest BCUT2D eigenvalue weighted by Gasteiger charge is 2.15. The summed E-state index contributed by atoms with van der Waals surface area (Å²) in [6.45, 7) is 0. The van der Waals surface area contributed by atoms with E-state index in [1.165, 1.54) is 0 Å². The minimum Gasteiger partial charge on any atom is -0.228 e. The molecule has 3 aromatic rings. The minimum atomic E-state index is -3.14. The van der Waals surface area contributed by atoms with Crippen LogP contribution in [0.5, 0.6) is 0 Å². The van der Waals surface area contributed by atoms with Gasteiger partial charge < -0.3 is 0 Å². The zero-order valence-corrected chi connectivity index (χ0v) is 21.8. The Kier molecular flexibility index (Phi) is 8.45. The van der Waals surface area contributed by atoms with Gasteiger partial charge in [-0.1, -0.05) is 105 Å². The number of sulfone groups is 2. The molecule has 0 aliphatic carbocycles. The summed E-state index contributed by atoms with van der Waals surface area (Å²) in [6.07, 6.45) is 6.14. The summed E-state index contributed by atoms with van der Waals surface area (Å²) in [6, 6.07) is 23.7. The lowest BCUT2D eigenvalue weighted by Gasteiger charge is -2.12. The molecule has 6 heteroatoms. The van der Waals surface area contributed by atoms with Gasteiger partial charge in [0, 0.05) is 0 Å². The van der Waals surface area contributed by atoms with E-state index in [9.17, 15) is 16.8 Å². The van der Waals surface area contributed by atoms with Crippen molar-refractivity contribution in [1.29, 1.82) is 0 Å². The smallest absolute Gasteiger partial charge is 0.154 e. The molecule has 0 aromatic heterocycles. The molecule has 0 amide bonds. The van der Waals surface area contributed by atoms with Gasteiger partial charge in [0.2, 0.25) is 0 Å². The summed E-state index contributed by atoms with van der Waals surface area (Å²) >= 11 is 0. The molecule has 186 valence electrons. The Morgan fingerprint density at radius 1 is 0.429 bits per heavy atom. The van der Waals surface area contributed by atoms with E-state index in [-0.39, 0.29) is 23.0 Å². The highest BCUT2D eigenvalue weighted by molar-refractivity contribution is 7.90. The second-order valence-electron chi connectivity index (χ2n) is 9.60. The topological polar surface area (TPSA) is 68.3 Å². The molecule has 0 spiro atoms. The summed E-state index contributed by atoms with van der Waals surface area (Å²) in [5.41, 5.74) is 5.78. The molecule has 0 unspecified atom stereocenters. The molecule has 3 aromatic carbocycles. The van der Waals surface area contributed by atoms with E-state index in [0.717, 1.165) is 65.5 Å². The highest BCUT2D eigenvalue weighted by Crippen LogP contribution is 2.32. The molecule has 35 heavy (non-hydrogen) atoms. The van der Waals surface area contributed by atoms with Crippen molar-refractivity contribution in [3.05, 3.63) is 83.9 Å². The predicted molar refractivity (Wildman–Crippen MR) is 145 cm³/mol. The van der Waals surface area contributed by atoms with Crippen LogP contribution in [0.15, 0.2) is 72.8 Å². The lowest BCUT2D eigenvalue weighted by Crippen LogP contribution is -2.09. The van der Waals surface area contributed by atoms with Crippen LogP contribution in [-0.4, -0.2) is 28.3 Å². The average molecular weight is 511 g/mol. The van der Waals surface area contributed by atoms with Crippen molar-refractivity contribution in [2.75, 3.05) is 11.5 Å². The quantitative estimate of drug-likeness (QED) is 0.342. The van der Waals surface area contributed by atoms with E-state index >= 15 is 0 Å². The van der Waals surface area contributed by atoms with E-state index in [4.69, 9.17) is 0 Å². The number of rotatable bonds is 0. The Hall–Kier alpha value is -2.44. The lowest BCUT2D eigenvalue weighted by atomic mass is 9.94. The van der Waals surface area contributed by atoms with Crippen molar-refractivity contribution >= 4 is 19.7 Å². The first-order valence-electron chi connectivity index (χ1n) is 12.5. The van der Waals surface area contributed by atoms with E-state index < -0.39 is 19.7 Å². The Bertz CT molecular complexity index is 1220. The summed E-state index contributed by atoms with van der Waals surface area (Å²) in [7, 11) is -6.28. The molecule has 4 nitrogen and oxygen atoms in total. The monoisotopic (exact) mass is 510 g/mol. The van der Waals surface area contributed by atoms with Crippen molar-refractivity contribution in [2.24, 2.45) is 0 Å². The fourth-order valence-corrected chi connectivity index (χ4v) is 7.70. The summed E-state index contributed by atoms with van der Waals surface area (Å²) in [5.74, 6) is 0.576. The first-order chi connectivity index (χ1) is 16.8. The molecular formula is C29H34O4S2. The van der Waals surface area contributed by atoms with Crippen molar-refractivity contribution in [3.63, 3.8) is 0 Å². The maximum atomic E-state index is 12.6. The van der Waals surface area contributed by atoms with Crippen molar-refractivity contribution in [2.45, 2.75) is 56.5 Å². The first-order valence-corrected chi connectivity index (χ1v) is 16.1. The number of hydrogen-bond acceptors (Lipinski definition) is 4. The van der Waals surface area contributed by atoms with Crippen LogP contribution < -0.4 is 0 Å². The van der Waals surface area contributed by atoms with Crippen LogP contribution >= 0.6 is 0 Å². The van der Waals surface area contributed by atoms with Crippen LogP contribution in [0.25, 0.3) is 22.3 Å². The van der Waals surface area contributed by atoms with Gasteiger partial charge >= 0.3 is 0 Å². The third kappa shape index (κ3) is 7.52. The normalized spacial score (nSPS) is 19.1. The van der Waals surface area contributed by atoms with Crippen LogP contribution in [0, 0.1) is 0 Å². The molecule has 0 radical (unpaired) electrons. The molecular weight excluding hydrogens is 476 g/mol. The molecule has 0 fully saturated rings. The molecule has 3 aliphatic heterocycles. The van der Waals surface area contributed by atoms with Crippen molar-refractivity contribution < 1.29 is 16.8 Å². The Balaban J connectivity index is 1.63. The van der Waals surface area contributed by atoms with Crippen LogP contribution in [0.3, 0.4) is 0 Å². The average Bonchev–Trinajstić information content (AvgIpc) is 2.83. The number of benzene rings is 3. The maximum absolute atomic E-state index is 12.6. The van der Waals surface area contributed by atoms with Crippen molar-refractivity contribution in [3.8, 4) is 22.3 Å². The number of hydrogen-bond donors (Lipinski definition) is 0. The summed E-state index contributed by atoms with van der Waals surface area (Å²) in [5, 5.41) is 0. The van der Waals surface area contributed by atoms with E-state index in [1.54, 1.807) is 0 Å². The van der Waals surface area contributed by atoms with Crippen molar-refractivity contribution in [1.82, 2.24) is 0 Å². The molecule has 0 saturated carbocycles. The van der Waals surface area contributed by atoms with E-state index in [0.29, 0.717) is 12.8 Å². The van der Waals surface area contributed by atoms with E-state index in [2.05, 4.69) is 12.1 Å². The highest BCUT2D eigenvalue weighted by atomic mass is 32.2. The molecule has 4 bridgehead atoms. The van der Waals surface area contributed by atoms with Crippen LogP contribution in [0.1, 0.15) is 56.1 Å². The number of fused-ring (bicyclic) bond motifs is 2. The van der Waals surface area contributed by atoms with Gasteiger partial charge in [-0.05, 0) is 46.2 Å². The Labute approximate surface area is 210 Å². The molecule has 3 aliphatic rings. The van der Waals surface area contributed by atoms with E-state index in [1.807, 2.05) is 60.7 Å². The van der Waals surface area contributed by atoms with Gasteiger partial charge in [-0.25, -0.2) is 16.8 Å². The third-order valence-corrected chi connectivity index (χ3v) is 10.0. The molecule has 0 atom stereocenters. The molecule has 3 heterocycles. The van der Waals surface area contributed by atoms with Gasteiger partial charge in [-0.3, -0.25) is 0 Å². The fourth-order valence-electron chi connectivity index (χ4n) is 4.73. The van der Waals surface area contributed by atoms with Crippen LogP contribution in [0.4, 0.5) is 0 Å². The Morgan fingerprint density at radius 2 is 0.771 bits per heavy atom. The van der Waals surface area contributed by atoms with Crippen LogP contribution in [0.2, 0.25) is 0 Å². The largest absolute Gasteiger partial charge is 0.228 e. The SMILES string of the molecule is O=S1(=O)CCCCCCCCCS(=O)(=O)Cc2ccc(cc2)-c2ccccc2-c2ccc(cc2)C1. The minimum absolute atomic E-state index is 0.0743. The zero-order chi connectivity index (χ0) is 24.7. The van der Waals surface area contributed by atoms with Gasteiger partial charge in [-0.2, -0.15) is 0 Å².